The van der Waals surface area contributed by atoms with Crippen LogP contribution in [0.15, 0.2) is 52.2 Å². The summed E-state index contributed by atoms with van der Waals surface area (Å²) in [5.74, 6) is 1.11. The van der Waals surface area contributed by atoms with E-state index in [1.165, 1.54) is 18.3 Å². The van der Waals surface area contributed by atoms with Crippen LogP contribution in [-0.2, 0) is 13.1 Å². The summed E-state index contributed by atoms with van der Waals surface area (Å²) >= 11 is 0. The molecule has 184 valence electrons. The number of nitrogens with zero attached hydrogens (tertiary/aromatic N) is 4. The predicted octanol–water partition coefficient (Wildman–Crippen LogP) is 3.88. The average molecular weight is 480 g/mol. The number of anilines is 2. The lowest BCUT2D eigenvalue weighted by atomic mass is 9.83. The quantitative estimate of drug-likeness (QED) is 0.498. The van der Waals surface area contributed by atoms with Crippen molar-refractivity contribution in [3.05, 3.63) is 69.3 Å². The largest absolute Gasteiger partial charge is 0.477 e. The van der Waals surface area contributed by atoms with E-state index >= 15 is 0 Å². The second kappa shape index (κ2) is 10.5. The molecule has 1 saturated carbocycles. The van der Waals surface area contributed by atoms with Gasteiger partial charge in [0.15, 0.2) is 0 Å². The molecule has 1 aliphatic rings. The Morgan fingerprint density at radius 3 is 2.34 bits per heavy atom. The highest BCUT2D eigenvalue weighted by atomic mass is 16.5. The number of hydrogen-bond donors (Lipinski definition) is 2. The molecule has 0 unspecified atom stereocenters. The zero-order valence-electron chi connectivity index (χ0n) is 19.8. The maximum absolute atomic E-state index is 13.1. The first-order valence-electron chi connectivity index (χ1n) is 11.8. The van der Waals surface area contributed by atoms with Gasteiger partial charge in [-0.2, -0.15) is 4.98 Å². The molecule has 1 aliphatic carbocycles. The monoisotopic (exact) mass is 479 g/mol. The van der Waals surface area contributed by atoms with Crippen molar-refractivity contribution in [1.82, 2.24) is 19.1 Å². The molecule has 0 amide bonds. The molecular weight excluding hydrogens is 450 g/mol. The highest BCUT2D eigenvalue weighted by molar-refractivity contribution is 5.85. The van der Waals surface area contributed by atoms with E-state index < -0.39 is 11.7 Å². The number of aromatic carboxylic acids is 1. The maximum Gasteiger partial charge on any atom is 0.354 e. The summed E-state index contributed by atoms with van der Waals surface area (Å²) in [7, 11) is 0. The minimum Gasteiger partial charge on any atom is -0.477 e. The van der Waals surface area contributed by atoms with E-state index in [0.717, 1.165) is 30.3 Å². The molecule has 0 spiro atoms. The van der Waals surface area contributed by atoms with Crippen molar-refractivity contribution in [3.63, 3.8) is 0 Å². The van der Waals surface area contributed by atoms with Crippen molar-refractivity contribution in [2.75, 3.05) is 5.32 Å². The van der Waals surface area contributed by atoms with Gasteiger partial charge >= 0.3 is 17.3 Å². The maximum atomic E-state index is 13.1. The van der Waals surface area contributed by atoms with Crippen LogP contribution in [0.5, 0.6) is 11.5 Å². The summed E-state index contributed by atoms with van der Waals surface area (Å²) in [5, 5.41) is 12.1. The van der Waals surface area contributed by atoms with Crippen LogP contribution in [0.4, 0.5) is 11.6 Å². The highest BCUT2D eigenvalue weighted by Gasteiger charge is 2.22. The second-order valence-electron chi connectivity index (χ2n) is 8.92. The molecule has 0 radical (unpaired) electrons. The molecule has 0 bridgehead atoms. The topological polar surface area (TPSA) is 128 Å². The standard InChI is InChI=1S/C25H29N5O5/c1-3-29-24(33)28-23(30(25(29)34)15-17-6-4-16(2)5-7-17)27-18-8-10-19(11-9-18)35-20-12-13-21(22(31)32)26-14-20/h8-14,16-17H,3-7,15H2,1-2H3,(H,31,32)(H,27,28,33). The van der Waals surface area contributed by atoms with Crippen LogP contribution in [0, 0.1) is 11.8 Å². The van der Waals surface area contributed by atoms with Gasteiger partial charge in [0.1, 0.15) is 17.2 Å². The number of carbonyl (C=O) groups is 1. The minimum absolute atomic E-state index is 0.0665. The Balaban J connectivity index is 1.53. The van der Waals surface area contributed by atoms with Gasteiger partial charge in [-0.15, -0.1) is 0 Å². The van der Waals surface area contributed by atoms with Crippen molar-refractivity contribution in [2.24, 2.45) is 11.8 Å². The molecule has 2 aromatic heterocycles. The molecule has 35 heavy (non-hydrogen) atoms. The average Bonchev–Trinajstić information content (AvgIpc) is 2.84. The Labute approximate surface area is 202 Å². The van der Waals surface area contributed by atoms with Gasteiger partial charge < -0.3 is 15.2 Å². The molecule has 1 fully saturated rings. The molecule has 10 heteroatoms. The fourth-order valence-electron chi connectivity index (χ4n) is 4.27. The molecule has 0 aliphatic heterocycles. The fourth-order valence-corrected chi connectivity index (χ4v) is 4.27. The van der Waals surface area contributed by atoms with E-state index in [1.54, 1.807) is 35.8 Å². The minimum atomic E-state index is -1.11. The molecule has 4 rings (SSSR count). The summed E-state index contributed by atoms with van der Waals surface area (Å²) in [6.07, 6.45) is 5.71. The summed E-state index contributed by atoms with van der Waals surface area (Å²) in [6, 6.07) is 9.82. The van der Waals surface area contributed by atoms with Gasteiger partial charge in [0.2, 0.25) is 5.95 Å². The van der Waals surface area contributed by atoms with Gasteiger partial charge in [-0.1, -0.05) is 19.8 Å². The summed E-state index contributed by atoms with van der Waals surface area (Å²) in [4.78, 5) is 44.4. The van der Waals surface area contributed by atoms with Crippen molar-refractivity contribution >= 4 is 17.6 Å². The van der Waals surface area contributed by atoms with Crippen LogP contribution >= 0.6 is 0 Å². The second-order valence-corrected chi connectivity index (χ2v) is 8.92. The van der Waals surface area contributed by atoms with Crippen LogP contribution in [0.2, 0.25) is 0 Å². The SMILES string of the molecule is CCn1c(=O)nc(Nc2ccc(Oc3ccc(C(=O)O)nc3)cc2)n(CC2CCC(C)CC2)c1=O. The lowest BCUT2D eigenvalue weighted by Crippen LogP contribution is -2.43. The molecule has 2 heterocycles. The Bertz CT molecular complexity index is 1290. The predicted molar refractivity (Wildman–Crippen MR) is 131 cm³/mol. The Morgan fingerprint density at radius 2 is 1.74 bits per heavy atom. The van der Waals surface area contributed by atoms with Crippen LogP contribution in [0.1, 0.15) is 50.0 Å². The van der Waals surface area contributed by atoms with Crippen molar-refractivity contribution in [1.29, 1.82) is 0 Å². The van der Waals surface area contributed by atoms with Crippen molar-refractivity contribution in [3.8, 4) is 11.5 Å². The van der Waals surface area contributed by atoms with Gasteiger partial charge in [-0.25, -0.2) is 23.9 Å². The normalized spacial score (nSPS) is 17.7. The summed E-state index contributed by atoms with van der Waals surface area (Å²) in [6.45, 7) is 4.79. The third-order valence-electron chi connectivity index (χ3n) is 6.34. The first kappa shape index (κ1) is 24.2. The third-order valence-corrected chi connectivity index (χ3v) is 6.34. The van der Waals surface area contributed by atoms with Gasteiger partial charge in [-0.3, -0.25) is 4.57 Å². The molecule has 10 nitrogen and oxygen atoms in total. The number of carboxylic acids is 1. The van der Waals surface area contributed by atoms with Crippen LogP contribution in [-0.4, -0.2) is 30.2 Å². The van der Waals surface area contributed by atoms with Crippen molar-refractivity contribution in [2.45, 2.75) is 52.6 Å². The lowest BCUT2D eigenvalue weighted by molar-refractivity contribution is 0.0690. The van der Waals surface area contributed by atoms with E-state index in [4.69, 9.17) is 9.84 Å². The smallest absolute Gasteiger partial charge is 0.354 e. The van der Waals surface area contributed by atoms with Crippen molar-refractivity contribution < 1.29 is 14.6 Å². The van der Waals surface area contributed by atoms with Crippen LogP contribution in [0.3, 0.4) is 0 Å². The molecule has 0 saturated heterocycles. The number of carboxylic acid groups (broad SMARTS) is 1. The van der Waals surface area contributed by atoms with E-state index in [0.29, 0.717) is 35.6 Å². The van der Waals surface area contributed by atoms with E-state index in [9.17, 15) is 14.4 Å². The Kier molecular flexibility index (Phi) is 7.28. The first-order valence-corrected chi connectivity index (χ1v) is 11.8. The third kappa shape index (κ3) is 5.76. The molecule has 1 aromatic carbocycles. The fraction of sp³-hybridized carbons (Fsp3) is 0.400. The van der Waals surface area contributed by atoms with Crippen LogP contribution < -0.4 is 21.4 Å². The number of hydrogen-bond acceptors (Lipinski definition) is 7. The Hall–Kier alpha value is -3.95. The number of nitrogens with one attached hydrogen (secondary N) is 1. The van der Waals surface area contributed by atoms with Gasteiger partial charge in [0.25, 0.3) is 0 Å². The molecule has 3 aromatic rings. The van der Waals surface area contributed by atoms with Gasteiger partial charge in [0, 0.05) is 18.8 Å². The Morgan fingerprint density at radius 1 is 1.06 bits per heavy atom. The lowest BCUT2D eigenvalue weighted by Gasteiger charge is -2.27. The van der Waals surface area contributed by atoms with Gasteiger partial charge in [-0.05, 0) is 68.0 Å². The summed E-state index contributed by atoms with van der Waals surface area (Å²) < 4.78 is 8.44. The summed E-state index contributed by atoms with van der Waals surface area (Å²) in [5.41, 5.74) is -0.358. The zero-order chi connectivity index (χ0) is 24.9. The van der Waals surface area contributed by atoms with Gasteiger partial charge in [0.05, 0.1) is 6.20 Å². The number of benzene rings is 1. The number of aromatic nitrogens is 4. The van der Waals surface area contributed by atoms with E-state index in [1.807, 2.05) is 0 Å². The van der Waals surface area contributed by atoms with E-state index in [-0.39, 0.29) is 23.9 Å². The molecular formula is C25H29N5O5. The van der Waals surface area contributed by atoms with Crippen LogP contribution in [0.25, 0.3) is 0 Å². The zero-order valence-corrected chi connectivity index (χ0v) is 19.8. The molecule has 0 atom stereocenters. The number of rotatable bonds is 8. The molecule has 2 N–H and O–H groups in total. The number of ether oxygens (including phenoxy) is 1. The van der Waals surface area contributed by atoms with E-state index in [2.05, 4.69) is 22.2 Å². The highest BCUT2D eigenvalue weighted by Crippen LogP contribution is 2.30. The first-order chi connectivity index (χ1) is 16.8. The number of pyridine rings is 1.